The fourth-order valence-electron chi connectivity index (χ4n) is 2.56. The Bertz CT molecular complexity index is 336. The zero-order valence-corrected chi connectivity index (χ0v) is 13.2. The van der Waals surface area contributed by atoms with Crippen molar-refractivity contribution in [3.8, 4) is 0 Å². The Hall–Kier alpha value is -0.450. The zero-order chi connectivity index (χ0) is 14.7. The molecular weight excluding hydrogens is 258 g/mol. The van der Waals surface area contributed by atoms with Gasteiger partial charge in [-0.2, -0.15) is 0 Å². The molecule has 1 heterocycles. The second-order valence-electron chi connectivity index (χ2n) is 6.36. The van der Waals surface area contributed by atoms with E-state index >= 15 is 0 Å². The number of thioether (sulfide) groups is 1. The smallest absolute Gasteiger partial charge is 0.159 e. The van der Waals surface area contributed by atoms with Gasteiger partial charge < -0.3 is 15.1 Å². The van der Waals surface area contributed by atoms with Gasteiger partial charge in [-0.25, -0.2) is 0 Å². The number of rotatable bonds is 5. The molecule has 0 aromatic rings. The van der Waals surface area contributed by atoms with Gasteiger partial charge in [0, 0.05) is 23.3 Å². The van der Waals surface area contributed by atoms with E-state index in [4.69, 9.17) is 0 Å². The molecule has 0 aromatic carbocycles. The Labute approximate surface area is 121 Å². The van der Waals surface area contributed by atoms with Gasteiger partial charge in [-0.3, -0.25) is 0 Å². The molecule has 0 saturated carbocycles. The highest BCUT2D eigenvalue weighted by Gasteiger charge is 2.40. The second kappa shape index (κ2) is 6.33. The summed E-state index contributed by atoms with van der Waals surface area (Å²) in [5, 5.41) is 20.5. The van der Waals surface area contributed by atoms with Crippen LogP contribution >= 0.6 is 11.8 Å². The number of hydrogen-bond acceptors (Lipinski definition) is 4. The molecule has 19 heavy (non-hydrogen) atoms. The lowest BCUT2D eigenvalue weighted by molar-refractivity contribution is -0.152. The summed E-state index contributed by atoms with van der Waals surface area (Å²) >= 11 is 1.74. The largest absolute Gasteiger partial charge is 0.368 e. The van der Waals surface area contributed by atoms with Gasteiger partial charge in [0.05, 0.1) is 5.03 Å². The van der Waals surface area contributed by atoms with Crippen molar-refractivity contribution in [2.45, 2.75) is 51.1 Å². The van der Waals surface area contributed by atoms with Crippen LogP contribution in [-0.2, 0) is 0 Å². The molecule has 110 valence electrons. The first-order valence-electron chi connectivity index (χ1n) is 6.80. The summed E-state index contributed by atoms with van der Waals surface area (Å²) < 4.78 is 0.119. The number of aliphatic hydroxyl groups is 2. The highest BCUT2D eigenvalue weighted by Crippen LogP contribution is 2.41. The molecule has 3 nitrogen and oxygen atoms in total. The molecule has 1 aliphatic heterocycles. The number of hydrogen-bond donors (Lipinski definition) is 2. The minimum Gasteiger partial charge on any atom is -0.368 e. The van der Waals surface area contributed by atoms with Crippen LogP contribution in [0, 0.1) is 5.41 Å². The average Bonchev–Trinajstić information content (AvgIpc) is 2.27. The molecule has 1 rings (SSSR count). The molecule has 2 N–H and O–H groups in total. The van der Waals surface area contributed by atoms with E-state index in [1.807, 2.05) is 0 Å². The van der Waals surface area contributed by atoms with E-state index in [0.717, 1.165) is 24.4 Å². The third kappa shape index (κ3) is 4.55. The van der Waals surface area contributed by atoms with Crippen molar-refractivity contribution in [3.05, 3.63) is 24.3 Å². The number of allylic oxidation sites excluding steroid dienone is 1. The minimum atomic E-state index is -1.30. The molecule has 1 atom stereocenters. The summed E-state index contributed by atoms with van der Waals surface area (Å²) in [5.74, 6) is 0. The molecular formula is C15H27NO2S. The van der Waals surface area contributed by atoms with Gasteiger partial charge >= 0.3 is 0 Å². The third-order valence-electron chi connectivity index (χ3n) is 3.48. The van der Waals surface area contributed by atoms with Crippen LogP contribution < -0.4 is 0 Å². The van der Waals surface area contributed by atoms with Gasteiger partial charge in [0.25, 0.3) is 0 Å². The van der Waals surface area contributed by atoms with Crippen molar-refractivity contribution in [1.29, 1.82) is 0 Å². The molecule has 1 aliphatic rings. The maximum absolute atomic E-state index is 9.74. The lowest BCUT2D eigenvalue weighted by Crippen LogP contribution is -2.48. The summed E-state index contributed by atoms with van der Waals surface area (Å²) in [6.45, 7) is 15.9. The van der Waals surface area contributed by atoms with E-state index in [1.165, 1.54) is 0 Å². The fraction of sp³-hybridized carbons (Fsp3) is 0.733. The topological polar surface area (TPSA) is 43.7 Å². The molecule has 4 heteroatoms. The monoisotopic (exact) mass is 285 g/mol. The van der Waals surface area contributed by atoms with Gasteiger partial charge in [-0.1, -0.05) is 33.4 Å². The van der Waals surface area contributed by atoms with Gasteiger partial charge in [0.1, 0.15) is 0 Å². The van der Waals surface area contributed by atoms with E-state index < -0.39 is 11.7 Å². The van der Waals surface area contributed by atoms with Crippen molar-refractivity contribution in [2.24, 2.45) is 5.41 Å². The lowest BCUT2D eigenvalue weighted by atomic mass is 9.76. The predicted molar refractivity (Wildman–Crippen MR) is 82.8 cm³/mol. The highest BCUT2D eigenvalue weighted by atomic mass is 32.2. The molecule has 0 spiro atoms. The predicted octanol–water partition coefficient (Wildman–Crippen LogP) is 2.96. The van der Waals surface area contributed by atoms with Crippen molar-refractivity contribution in [1.82, 2.24) is 4.90 Å². The van der Waals surface area contributed by atoms with E-state index in [1.54, 1.807) is 17.8 Å². The summed E-state index contributed by atoms with van der Waals surface area (Å²) in [6, 6.07) is 0. The van der Waals surface area contributed by atoms with Gasteiger partial charge in [-0.15, -0.1) is 18.3 Å². The van der Waals surface area contributed by atoms with E-state index in [0.29, 0.717) is 13.0 Å². The molecule has 0 amide bonds. The van der Waals surface area contributed by atoms with Gasteiger partial charge in [0.2, 0.25) is 0 Å². The summed E-state index contributed by atoms with van der Waals surface area (Å²) in [7, 11) is 0. The van der Waals surface area contributed by atoms with Crippen molar-refractivity contribution >= 4 is 11.8 Å². The molecule has 0 bridgehead atoms. The zero-order valence-electron chi connectivity index (χ0n) is 12.4. The molecule has 1 saturated heterocycles. The quantitative estimate of drug-likeness (QED) is 0.602. The van der Waals surface area contributed by atoms with Crippen LogP contribution in [0.5, 0.6) is 0 Å². The van der Waals surface area contributed by atoms with Crippen molar-refractivity contribution in [3.63, 3.8) is 0 Å². The van der Waals surface area contributed by atoms with Crippen LogP contribution in [0.15, 0.2) is 24.3 Å². The van der Waals surface area contributed by atoms with Crippen molar-refractivity contribution < 1.29 is 10.2 Å². The normalized spacial score (nSPS) is 24.6. The van der Waals surface area contributed by atoms with Gasteiger partial charge in [-0.05, 0) is 19.3 Å². The molecule has 0 radical (unpaired) electrons. The maximum Gasteiger partial charge on any atom is 0.159 e. The van der Waals surface area contributed by atoms with Crippen LogP contribution in [0.25, 0.3) is 0 Å². The first-order valence-corrected chi connectivity index (χ1v) is 7.62. The van der Waals surface area contributed by atoms with Crippen LogP contribution in [0.1, 0.15) is 40.0 Å². The molecule has 1 unspecified atom stereocenters. The summed E-state index contributed by atoms with van der Waals surface area (Å²) in [5.41, 5.74) is -0.499. The van der Waals surface area contributed by atoms with E-state index in [9.17, 15) is 10.2 Å². The Kier molecular flexibility index (Phi) is 5.53. The fourth-order valence-corrected chi connectivity index (χ4v) is 3.55. The lowest BCUT2D eigenvalue weighted by Gasteiger charge is -2.45. The summed E-state index contributed by atoms with van der Waals surface area (Å²) in [6.07, 6.45) is 2.87. The maximum atomic E-state index is 9.74. The standard InChI is InChI=1S/C15H27NO2S/c1-6-8-15(13(17)18)9-7-10-16(11-15)12(2)19-14(3,4)5/h6,13,17-18H,1-2,7-11H2,3-5H3. The Morgan fingerprint density at radius 1 is 1.47 bits per heavy atom. The SMILES string of the molecule is C=CCC1(C(O)O)CCCN(C(=C)SC(C)(C)C)C1. The Morgan fingerprint density at radius 2 is 2.11 bits per heavy atom. The third-order valence-corrected chi connectivity index (χ3v) is 4.59. The number of likely N-dealkylation sites (tertiary alicyclic amines) is 1. The van der Waals surface area contributed by atoms with Crippen LogP contribution in [-0.4, -0.2) is 39.2 Å². The molecule has 0 aromatic heterocycles. The number of nitrogens with zero attached hydrogens (tertiary/aromatic N) is 1. The van der Waals surface area contributed by atoms with Gasteiger partial charge in [0.15, 0.2) is 6.29 Å². The first-order chi connectivity index (χ1) is 8.70. The number of aliphatic hydroxyl groups excluding tert-OH is 1. The molecule has 1 fully saturated rings. The van der Waals surface area contributed by atoms with Crippen molar-refractivity contribution in [2.75, 3.05) is 13.1 Å². The first kappa shape index (κ1) is 16.6. The Morgan fingerprint density at radius 3 is 2.58 bits per heavy atom. The van der Waals surface area contributed by atoms with E-state index in [2.05, 4.69) is 38.8 Å². The highest BCUT2D eigenvalue weighted by molar-refractivity contribution is 8.04. The number of piperidine rings is 1. The average molecular weight is 285 g/mol. The molecule has 0 aliphatic carbocycles. The van der Waals surface area contributed by atoms with E-state index in [-0.39, 0.29) is 4.75 Å². The van der Waals surface area contributed by atoms with Crippen LogP contribution in [0.2, 0.25) is 0 Å². The second-order valence-corrected chi connectivity index (χ2v) is 8.26. The minimum absolute atomic E-state index is 0.119. The van der Waals surface area contributed by atoms with Crippen LogP contribution in [0.4, 0.5) is 0 Å². The summed E-state index contributed by atoms with van der Waals surface area (Å²) in [4.78, 5) is 2.18. The van der Waals surface area contributed by atoms with Crippen LogP contribution in [0.3, 0.4) is 0 Å². The Balaban J connectivity index is 2.77.